The monoisotopic (exact) mass is 362 g/mol. The maximum absolute atomic E-state index is 13.2. The normalized spacial score (nSPS) is 16.7. The first kappa shape index (κ1) is 17.1. The van der Waals surface area contributed by atoms with E-state index in [2.05, 4.69) is 4.98 Å². The molecule has 4 rings (SSSR count). The zero-order valence-corrected chi connectivity index (χ0v) is 14.0. The average Bonchev–Trinajstić information content (AvgIpc) is 2.94. The van der Waals surface area contributed by atoms with E-state index in [1.54, 1.807) is 24.5 Å². The summed E-state index contributed by atoms with van der Waals surface area (Å²) in [7, 11) is 0. The lowest BCUT2D eigenvalue weighted by molar-refractivity contribution is -0.184. The smallest absolute Gasteiger partial charge is 0.383 e. The van der Waals surface area contributed by atoms with E-state index in [1.807, 2.05) is 10.6 Å². The largest absolute Gasteiger partial charge is 0.416 e. The number of aliphatic hydroxyl groups is 1. The summed E-state index contributed by atoms with van der Waals surface area (Å²) < 4.78 is 46.4. The van der Waals surface area contributed by atoms with Crippen LogP contribution in [0.5, 0.6) is 0 Å². The molecule has 136 valence electrons. The van der Waals surface area contributed by atoms with Crippen LogP contribution in [0.15, 0.2) is 42.7 Å². The molecule has 1 saturated heterocycles. The first-order chi connectivity index (χ1) is 12.3. The molecule has 0 aliphatic carbocycles. The van der Waals surface area contributed by atoms with Gasteiger partial charge < -0.3 is 14.4 Å². The van der Waals surface area contributed by atoms with Gasteiger partial charge in [0.25, 0.3) is 0 Å². The molecular formula is C19H17F3N2O2. The number of hydrogen-bond acceptors (Lipinski definition) is 3. The molecule has 1 aliphatic rings. The number of ether oxygens (including phenoxy) is 1. The van der Waals surface area contributed by atoms with Crippen LogP contribution in [-0.4, -0.2) is 33.5 Å². The van der Waals surface area contributed by atoms with Gasteiger partial charge in [-0.15, -0.1) is 0 Å². The van der Waals surface area contributed by atoms with E-state index in [4.69, 9.17) is 4.74 Å². The van der Waals surface area contributed by atoms with Gasteiger partial charge in [-0.05, 0) is 41.8 Å². The number of halogens is 3. The summed E-state index contributed by atoms with van der Waals surface area (Å²) >= 11 is 0. The second-order valence-electron chi connectivity index (χ2n) is 6.77. The zero-order valence-electron chi connectivity index (χ0n) is 14.0. The minimum atomic E-state index is -4.39. The standard InChI is InChI=1S/C19H17F3N2O2/c1-12-14(3-2-4-15(12)19(20,21)22)13-5-6-16-17(7-13)24(11-23-16)8-18(25)9-26-10-18/h2-7,11,25H,8-10H2,1H3. The van der Waals surface area contributed by atoms with Crippen LogP contribution in [0.4, 0.5) is 13.2 Å². The molecule has 1 N–H and O–H groups in total. The maximum atomic E-state index is 13.2. The van der Waals surface area contributed by atoms with Crippen molar-refractivity contribution in [2.45, 2.75) is 25.2 Å². The van der Waals surface area contributed by atoms with Gasteiger partial charge in [-0.25, -0.2) is 4.98 Å². The predicted octanol–water partition coefficient (Wildman–Crippen LogP) is 3.79. The molecule has 0 atom stereocenters. The molecule has 0 saturated carbocycles. The topological polar surface area (TPSA) is 47.3 Å². The van der Waals surface area contributed by atoms with E-state index in [9.17, 15) is 18.3 Å². The number of fused-ring (bicyclic) bond motifs is 1. The number of hydrogen-bond donors (Lipinski definition) is 1. The Morgan fingerprint density at radius 2 is 2.00 bits per heavy atom. The number of nitrogens with zero attached hydrogens (tertiary/aromatic N) is 2. The molecule has 1 fully saturated rings. The molecule has 1 aliphatic heterocycles. The molecule has 0 spiro atoms. The Bertz CT molecular complexity index is 975. The fourth-order valence-corrected chi connectivity index (χ4v) is 3.35. The Kier molecular flexibility index (Phi) is 3.82. The maximum Gasteiger partial charge on any atom is 0.416 e. The average molecular weight is 362 g/mol. The molecule has 7 heteroatoms. The molecule has 0 bridgehead atoms. The van der Waals surface area contributed by atoms with E-state index in [1.165, 1.54) is 13.0 Å². The molecule has 2 heterocycles. The Hall–Kier alpha value is -2.38. The lowest BCUT2D eigenvalue weighted by Crippen LogP contribution is -2.52. The third kappa shape index (κ3) is 2.87. The molecule has 0 amide bonds. The van der Waals surface area contributed by atoms with Gasteiger partial charge in [0, 0.05) is 0 Å². The van der Waals surface area contributed by atoms with Gasteiger partial charge in [0.1, 0.15) is 5.60 Å². The van der Waals surface area contributed by atoms with Crippen LogP contribution >= 0.6 is 0 Å². The summed E-state index contributed by atoms with van der Waals surface area (Å²) in [5.74, 6) is 0. The lowest BCUT2D eigenvalue weighted by Gasteiger charge is -2.36. The van der Waals surface area contributed by atoms with E-state index in [-0.39, 0.29) is 18.8 Å². The van der Waals surface area contributed by atoms with Crippen LogP contribution < -0.4 is 0 Å². The Labute approximate surface area is 147 Å². The Morgan fingerprint density at radius 1 is 1.23 bits per heavy atom. The third-order valence-electron chi connectivity index (χ3n) is 4.78. The first-order valence-corrected chi connectivity index (χ1v) is 8.19. The predicted molar refractivity (Wildman–Crippen MR) is 90.7 cm³/mol. The SMILES string of the molecule is Cc1c(-c2ccc3ncn(CC4(O)COC4)c3c2)cccc1C(F)(F)F. The van der Waals surface area contributed by atoms with Crippen LogP contribution in [0.25, 0.3) is 22.2 Å². The van der Waals surface area contributed by atoms with E-state index < -0.39 is 17.3 Å². The molecule has 2 aromatic carbocycles. The van der Waals surface area contributed by atoms with Crippen molar-refractivity contribution in [3.8, 4) is 11.1 Å². The van der Waals surface area contributed by atoms with Gasteiger partial charge in [0.05, 0.1) is 42.7 Å². The van der Waals surface area contributed by atoms with Crippen LogP contribution in [0, 0.1) is 6.92 Å². The van der Waals surface area contributed by atoms with Gasteiger partial charge in [-0.2, -0.15) is 13.2 Å². The van der Waals surface area contributed by atoms with Crippen molar-refractivity contribution >= 4 is 11.0 Å². The highest BCUT2D eigenvalue weighted by molar-refractivity contribution is 5.83. The summed E-state index contributed by atoms with van der Waals surface area (Å²) in [5.41, 5.74) is 1.33. The number of imidazole rings is 1. The number of aromatic nitrogens is 2. The van der Waals surface area contributed by atoms with E-state index in [0.29, 0.717) is 17.7 Å². The van der Waals surface area contributed by atoms with Crippen LogP contribution in [0.1, 0.15) is 11.1 Å². The van der Waals surface area contributed by atoms with Crippen molar-refractivity contribution < 1.29 is 23.0 Å². The molecule has 3 aromatic rings. The van der Waals surface area contributed by atoms with Crippen molar-refractivity contribution in [2.24, 2.45) is 0 Å². The minimum absolute atomic E-state index is 0.191. The van der Waals surface area contributed by atoms with Crippen molar-refractivity contribution in [3.05, 3.63) is 53.9 Å². The highest BCUT2D eigenvalue weighted by atomic mass is 19.4. The van der Waals surface area contributed by atoms with Crippen LogP contribution in [-0.2, 0) is 17.5 Å². The van der Waals surface area contributed by atoms with Crippen molar-refractivity contribution in [1.29, 1.82) is 0 Å². The Balaban J connectivity index is 1.78. The van der Waals surface area contributed by atoms with Gasteiger partial charge in [0.2, 0.25) is 0 Å². The molecule has 4 nitrogen and oxygen atoms in total. The van der Waals surface area contributed by atoms with Crippen molar-refractivity contribution in [2.75, 3.05) is 13.2 Å². The van der Waals surface area contributed by atoms with Crippen LogP contribution in [0.3, 0.4) is 0 Å². The summed E-state index contributed by atoms with van der Waals surface area (Å²) in [6.45, 7) is 2.33. The van der Waals surface area contributed by atoms with Gasteiger partial charge in [0.15, 0.2) is 0 Å². The van der Waals surface area contributed by atoms with Crippen molar-refractivity contribution in [1.82, 2.24) is 9.55 Å². The van der Waals surface area contributed by atoms with Gasteiger partial charge in [-0.3, -0.25) is 0 Å². The second-order valence-corrected chi connectivity index (χ2v) is 6.77. The van der Waals surface area contributed by atoms with Crippen molar-refractivity contribution in [3.63, 3.8) is 0 Å². The fraction of sp³-hybridized carbons (Fsp3) is 0.316. The Morgan fingerprint density at radius 3 is 2.65 bits per heavy atom. The third-order valence-corrected chi connectivity index (χ3v) is 4.78. The number of alkyl halides is 3. The highest BCUT2D eigenvalue weighted by Gasteiger charge is 2.37. The van der Waals surface area contributed by atoms with Gasteiger partial charge >= 0.3 is 6.18 Å². The molecule has 0 unspecified atom stereocenters. The molecular weight excluding hydrogens is 345 g/mol. The first-order valence-electron chi connectivity index (χ1n) is 8.19. The quantitative estimate of drug-likeness (QED) is 0.771. The number of rotatable bonds is 3. The minimum Gasteiger partial charge on any atom is -0.383 e. The summed E-state index contributed by atoms with van der Waals surface area (Å²) in [6.07, 6.45) is -2.76. The molecule has 0 radical (unpaired) electrons. The summed E-state index contributed by atoms with van der Waals surface area (Å²) in [5, 5.41) is 10.3. The van der Waals surface area contributed by atoms with E-state index in [0.717, 1.165) is 17.1 Å². The fourth-order valence-electron chi connectivity index (χ4n) is 3.35. The molecule has 26 heavy (non-hydrogen) atoms. The zero-order chi connectivity index (χ0) is 18.5. The molecule has 1 aromatic heterocycles. The van der Waals surface area contributed by atoms with Crippen LogP contribution in [0.2, 0.25) is 0 Å². The lowest BCUT2D eigenvalue weighted by atomic mass is 9.96. The highest BCUT2D eigenvalue weighted by Crippen LogP contribution is 2.36. The summed E-state index contributed by atoms with van der Waals surface area (Å²) in [4.78, 5) is 4.31. The number of benzene rings is 2. The summed E-state index contributed by atoms with van der Waals surface area (Å²) in [6, 6.07) is 9.55. The van der Waals surface area contributed by atoms with Gasteiger partial charge in [-0.1, -0.05) is 18.2 Å². The van der Waals surface area contributed by atoms with E-state index >= 15 is 0 Å². The second kappa shape index (κ2) is 5.82.